The highest BCUT2D eigenvalue weighted by atomic mass is 79.9. The number of hydrogen-bond acceptors (Lipinski definition) is 5. The Bertz CT molecular complexity index is 1330. The van der Waals surface area contributed by atoms with Crippen LogP contribution in [0.3, 0.4) is 0 Å². The molecule has 0 saturated carbocycles. The highest BCUT2D eigenvalue weighted by molar-refractivity contribution is 9.10. The van der Waals surface area contributed by atoms with Gasteiger partial charge in [0.15, 0.2) is 11.6 Å². The fourth-order valence-electron chi connectivity index (χ4n) is 2.98. The average Bonchev–Trinajstić information content (AvgIpc) is 3.38. The molecule has 0 spiro atoms. The summed E-state index contributed by atoms with van der Waals surface area (Å²) in [4.78, 5) is 27.9. The van der Waals surface area contributed by atoms with Gasteiger partial charge < -0.3 is 15.5 Å². The standard InChI is InChI=1S/C19H15BrF2N2O3.C7H7NO/c1-11-8-13(20)2-5-16(11)23-18-14(3-4-15(21)17(18)22)19(25)24-27-10-12-6-7-26-9-12;8-7(9)6-4-2-1-3-5-6/h2-9,23H,10H2,1H3,(H,24,25);1-5H,(H2,8,9). The molecule has 3 aromatic carbocycles. The summed E-state index contributed by atoms with van der Waals surface area (Å²) in [5, 5.41) is 2.79. The molecular weight excluding hydrogens is 536 g/mol. The van der Waals surface area contributed by atoms with Crippen LogP contribution in [0.15, 0.2) is 88.1 Å². The first-order valence-corrected chi connectivity index (χ1v) is 11.3. The summed E-state index contributed by atoms with van der Waals surface area (Å²) in [6.45, 7) is 1.87. The minimum absolute atomic E-state index is 0.0699. The molecule has 2 amide bonds. The van der Waals surface area contributed by atoms with Crippen molar-refractivity contribution in [2.75, 3.05) is 5.32 Å². The molecule has 4 rings (SSSR count). The summed E-state index contributed by atoms with van der Waals surface area (Å²) < 4.78 is 33.9. The van der Waals surface area contributed by atoms with E-state index >= 15 is 0 Å². The van der Waals surface area contributed by atoms with Gasteiger partial charge in [0, 0.05) is 21.3 Å². The summed E-state index contributed by atoms with van der Waals surface area (Å²) >= 11 is 3.34. The van der Waals surface area contributed by atoms with E-state index in [9.17, 15) is 18.4 Å². The molecule has 1 aromatic heterocycles. The molecule has 4 N–H and O–H groups in total. The number of nitrogens with two attached hydrogens (primary N) is 1. The van der Waals surface area contributed by atoms with Crippen molar-refractivity contribution in [2.45, 2.75) is 13.5 Å². The lowest BCUT2D eigenvalue weighted by Gasteiger charge is -2.15. The third-order valence-electron chi connectivity index (χ3n) is 4.83. The average molecular weight is 558 g/mol. The zero-order valence-electron chi connectivity index (χ0n) is 19.1. The van der Waals surface area contributed by atoms with Gasteiger partial charge in [0.1, 0.15) is 6.61 Å². The van der Waals surface area contributed by atoms with Crippen molar-refractivity contribution in [3.8, 4) is 0 Å². The number of anilines is 2. The maximum atomic E-state index is 14.4. The van der Waals surface area contributed by atoms with E-state index in [1.165, 1.54) is 18.6 Å². The highest BCUT2D eigenvalue weighted by Crippen LogP contribution is 2.29. The second-order valence-corrected chi connectivity index (χ2v) is 8.37. The number of hydroxylamine groups is 1. The molecule has 1 heterocycles. The van der Waals surface area contributed by atoms with E-state index in [0.29, 0.717) is 16.8 Å². The van der Waals surface area contributed by atoms with E-state index in [0.717, 1.165) is 16.1 Å². The second kappa shape index (κ2) is 12.6. The molecule has 0 saturated heterocycles. The van der Waals surface area contributed by atoms with Crippen LogP contribution in [0.5, 0.6) is 0 Å². The Balaban J connectivity index is 0.000000338. The second-order valence-electron chi connectivity index (χ2n) is 7.45. The molecular formula is C26H22BrF2N3O4. The number of carbonyl (C=O) groups excluding carboxylic acids is 2. The summed E-state index contributed by atoms with van der Waals surface area (Å²) in [5.74, 6) is -3.31. The zero-order chi connectivity index (χ0) is 26.1. The van der Waals surface area contributed by atoms with Gasteiger partial charge in [-0.25, -0.2) is 14.3 Å². The Labute approximate surface area is 214 Å². The quantitative estimate of drug-likeness (QED) is 0.241. The molecule has 0 atom stereocenters. The van der Waals surface area contributed by atoms with Crippen LogP contribution < -0.4 is 16.5 Å². The lowest BCUT2D eigenvalue weighted by molar-refractivity contribution is 0.0232. The van der Waals surface area contributed by atoms with Gasteiger partial charge in [0.25, 0.3) is 5.91 Å². The monoisotopic (exact) mass is 557 g/mol. The molecule has 0 radical (unpaired) electrons. The highest BCUT2D eigenvalue weighted by Gasteiger charge is 2.20. The topological polar surface area (TPSA) is 107 Å². The Morgan fingerprint density at radius 1 is 1.06 bits per heavy atom. The number of carbonyl (C=O) groups is 2. The van der Waals surface area contributed by atoms with E-state index in [4.69, 9.17) is 15.0 Å². The van der Waals surface area contributed by atoms with Crippen molar-refractivity contribution < 1.29 is 27.6 Å². The van der Waals surface area contributed by atoms with Crippen LogP contribution in [0.25, 0.3) is 0 Å². The molecule has 36 heavy (non-hydrogen) atoms. The predicted octanol–water partition coefficient (Wildman–Crippen LogP) is 6.02. The molecule has 10 heteroatoms. The molecule has 186 valence electrons. The third kappa shape index (κ3) is 7.24. The lowest BCUT2D eigenvalue weighted by Crippen LogP contribution is -2.25. The van der Waals surface area contributed by atoms with Crippen molar-refractivity contribution in [3.05, 3.63) is 118 Å². The maximum absolute atomic E-state index is 14.4. The number of furan rings is 1. The number of nitrogens with one attached hydrogen (secondary N) is 2. The van der Waals surface area contributed by atoms with E-state index in [-0.39, 0.29) is 23.8 Å². The molecule has 4 aromatic rings. The Morgan fingerprint density at radius 3 is 2.42 bits per heavy atom. The number of rotatable bonds is 7. The van der Waals surface area contributed by atoms with Crippen molar-refractivity contribution in [2.24, 2.45) is 5.73 Å². The summed E-state index contributed by atoms with van der Waals surface area (Å²) in [7, 11) is 0. The van der Waals surface area contributed by atoms with E-state index < -0.39 is 17.5 Å². The van der Waals surface area contributed by atoms with Crippen molar-refractivity contribution in [3.63, 3.8) is 0 Å². The van der Waals surface area contributed by atoms with Crippen LogP contribution in [0.4, 0.5) is 20.2 Å². The number of benzene rings is 3. The van der Waals surface area contributed by atoms with Crippen LogP contribution in [-0.2, 0) is 11.4 Å². The summed E-state index contributed by atoms with van der Waals surface area (Å²) in [6.07, 6.45) is 2.94. The van der Waals surface area contributed by atoms with E-state index in [1.54, 1.807) is 49.4 Å². The fraction of sp³-hybridized carbons (Fsp3) is 0.0769. The number of halogens is 3. The SMILES string of the molecule is Cc1cc(Br)ccc1Nc1c(C(=O)NOCc2ccoc2)ccc(F)c1F.NC(=O)c1ccccc1. The van der Waals surface area contributed by atoms with Crippen molar-refractivity contribution >= 4 is 39.1 Å². The zero-order valence-corrected chi connectivity index (χ0v) is 20.6. The van der Waals surface area contributed by atoms with Gasteiger partial charge in [-0.3, -0.25) is 14.4 Å². The minimum Gasteiger partial charge on any atom is -0.472 e. The van der Waals surface area contributed by atoms with Crippen molar-refractivity contribution in [1.82, 2.24) is 5.48 Å². The van der Waals surface area contributed by atoms with E-state index in [1.807, 2.05) is 12.1 Å². The number of primary amides is 1. The van der Waals surface area contributed by atoms with Crippen LogP contribution in [0.2, 0.25) is 0 Å². The molecule has 0 aliphatic rings. The number of aryl methyl sites for hydroxylation is 1. The Morgan fingerprint density at radius 2 is 1.81 bits per heavy atom. The fourth-order valence-corrected chi connectivity index (χ4v) is 3.46. The molecule has 0 aliphatic carbocycles. The predicted molar refractivity (Wildman–Crippen MR) is 134 cm³/mol. The smallest absolute Gasteiger partial charge is 0.277 e. The van der Waals surface area contributed by atoms with Crippen LogP contribution in [-0.4, -0.2) is 11.8 Å². The Kier molecular flexibility index (Phi) is 9.32. The maximum Gasteiger partial charge on any atom is 0.277 e. The molecule has 0 bridgehead atoms. The van der Waals surface area contributed by atoms with Crippen LogP contribution >= 0.6 is 15.9 Å². The first-order chi connectivity index (χ1) is 17.3. The summed E-state index contributed by atoms with van der Waals surface area (Å²) in [5.41, 5.74) is 9.42. The first-order valence-electron chi connectivity index (χ1n) is 10.6. The van der Waals surface area contributed by atoms with Gasteiger partial charge in [-0.2, -0.15) is 0 Å². The molecule has 7 nitrogen and oxygen atoms in total. The van der Waals surface area contributed by atoms with Gasteiger partial charge >= 0.3 is 0 Å². The third-order valence-corrected chi connectivity index (χ3v) is 5.32. The summed E-state index contributed by atoms with van der Waals surface area (Å²) in [6, 6.07) is 17.8. The number of amides is 2. The minimum atomic E-state index is -1.15. The number of hydrogen-bond donors (Lipinski definition) is 3. The van der Waals surface area contributed by atoms with Gasteiger partial charge in [-0.15, -0.1) is 0 Å². The largest absolute Gasteiger partial charge is 0.472 e. The van der Waals surface area contributed by atoms with Gasteiger partial charge in [-0.1, -0.05) is 34.1 Å². The van der Waals surface area contributed by atoms with Crippen LogP contribution in [0.1, 0.15) is 31.8 Å². The molecule has 0 unspecified atom stereocenters. The first kappa shape index (κ1) is 26.6. The van der Waals surface area contributed by atoms with E-state index in [2.05, 4.69) is 26.7 Å². The molecule has 0 aliphatic heterocycles. The molecule has 0 fully saturated rings. The van der Waals surface area contributed by atoms with Gasteiger partial charge in [0.2, 0.25) is 5.91 Å². The van der Waals surface area contributed by atoms with Crippen LogP contribution in [0, 0.1) is 18.6 Å². The van der Waals surface area contributed by atoms with Gasteiger partial charge in [-0.05, 0) is 61.0 Å². The van der Waals surface area contributed by atoms with Crippen molar-refractivity contribution in [1.29, 1.82) is 0 Å². The lowest BCUT2D eigenvalue weighted by atomic mass is 10.1. The Hall–Kier alpha value is -4.02. The van der Waals surface area contributed by atoms with Gasteiger partial charge in [0.05, 0.1) is 23.8 Å². The normalized spacial score (nSPS) is 10.2.